The minimum absolute atomic E-state index is 0.0358. The predicted molar refractivity (Wildman–Crippen MR) is 70.1 cm³/mol. The van der Waals surface area contributed by atoms with Crippen molar-refractivity contribution in [3.63, 3.8) is 0 Å². The third-order valence-electron chi connectivity index (χ3n) is 3.34. The van der Waals surface area contributed by atoms with Gasteiger partial charge in [0.05, 0.1) is 0 Å². The van der Waals surface area contributed by atoms with Gasteiger partial charge in [-0.1, -0.05) is 31.6 Å². The van der Waals surface area contributed by atoms with Gasteiger partial charge in [0.25, 0.3) is 0 Å². The molecule has 2 N–H and O–H groups in total. The van der Waals surface area contributed by atoms with Gasteiger partial charge in [-0.15, -0.1) is 0 Å². The maximum absolute atomic E-state index is 13.9. The molecule has 1 aliphatic rings. The molecule has 0 heterocycles. The Balaban J connectivity index is 2.43. The summed E-state index contributed by atoms with van der Waals surface area (Å²) in [6, 6.07) is 5.29. The molecule has 0 radical (unpaired) electrons. The molecule has 2 heteroatoms. The molecule has 1 aliphatic carbocycles. The fraction of sp³-hybridized carbons (Fsp3) is 0.467. The minimum Gasteiger partial charge on any atom is -0.324 e. The maximum Gasteiger partial charge on any atom is 0.130 e. The second-order valence-corrected chi connectivity index (χ2v) is 5.88. The van der Waals surface area contributed by atoms with E-state index in [2.05, 4.69) is 13.8 Å². The topological polar surface area (TPSA) is 26.0 Å². The fourth-order valence-electron chi connectivity index (χ4n) is 2.67. The van der Waals surface area contributed by atoms with Crippen molar-refractivity contribution in [2.75, 3.05) is 0 Å². The summed E-state index contributed by atoms with van der Waals surface area (Å²) in [5.74, 6) is -0.147. The van der Waals surface area contributed by atoms with Crippen molar-refractivity contribution in [2.45, 2.75) is 39.7 Å². The molecule has 1 aromatic rings. The average Bonchev–Trinajstić information content (AvgIpc) is 2.18. The van der Waals surface area contributed by atoms with Gasteiger partial charge in [-0.3, -0.25) is 0 Å². The summed E-state index contributed by atoms with van der Waals surface area (Å²) in [5, 5.41) is 0. The molecule has 0 bridgehead atoms. The Morgan fingerprint density at radius 3 is 2.71 bits per heavy atom. The summed E-state index contributed by atoms with van der Waals surface area (Å²) in [6.45, 7) is 6.36. The Bertz CT molecular complexity index is 460. The van der Waals surface area contributed by atoms with Gasteiger partial charge in [0.2, 0.25) is 0 Å². The number of benzene rings is 1. The highest BCUT2D eigenvalue weighted by atomic mass is 19.1. The Hall–Kier alpha value is -1.15. The van der Waals surface area contributed by atoms with Crippen LogP contribution in [0.15, 0.2) is 24.3 Å². The number of rotatable bonds is 1. The van der Waals surface area contributed by atoms with Gasteiger partial charge in [0.1, 0.15) is 5.82 Å². The lowest BCUT2D eigenvalue weighted by Gasteiger charge is -2.33. The molecule has 0 fully saturated rings. The van der Waals surface area contributed by atoms with Crippen molar-refractivity contribution in [1.29, 1.82) is 0 Å². The highest BCUT2D eigenvalue weighted by Crippen LogP contribution is 2.39. The van der Waals surface area contributed by atoms with Crippen LogP contribution in [-0.4, -0.2) is 6.04 Å². The lowest BCUT2D eigenvalue weighted by molar-refractivity contribution is 0.318. The zero-order chi connectivity index (χ0) is 12.6. The van der Waals surface area contributed by atoms with E-state index in [1.807, 2.05) is 19.1 Å². The van der Waals surface area contributed by atoms with Crippen LogP contribution in [0.1, 0.15) is 37.8 Å². The minimum atomic E-state index is -0.147. The van der Waals surface area contributed by atoms with Crippen molar-refractivity contribution in [3.05, 3.63) is 41.2 Å². The van der Waals surface area contributed by atoms with Gasteiger partial charge in [-0.2, -0.15) is 0 Å². The molecular weight excluding hydrogens is 213 g/mol. The normalized spacial score (nSPS) is 23.4. The number of nitrogens with two attached hydrogens (primary N) is 1. The van der Waals surface area contributed by atoms with Gasteiger partial charge in [0.15, 0.2) is 0 Å². The molecule has 1 aromatic carbocycles. The zero-order valence-corrected chi connectivity index (χ0v) is 10.8. The van der Waals surface area contributed by atoms with Crippen LogP contribution < -0.4 is 5.73 Å². The highest BCUT2D eigenvalue weighted by Gasteiger charge is 2.28. The van der Waals surface area contributed by atoms with Gasteiger partial charge >= 0.3 is 0 Å². The van der Waals surface area contributed by atoms with E-state index in [1.54, 1.807) is 12.1 Å². The first kappa shape index (κ1) is 12.3. The molecule has 0 aliphatic heterocycles. The van der Waals surface area contributed by atoms with E-state index < -0.39 is 0 Å². The monoisotopic (exact) mass is 233 g/mol. The molecule has 1 unspecified atom stereocenters. The highest BCUT2D eigenvalue weighted by molar-refractivity contribution is 5.68. The van der Waals surface area contributed by atoms with E-state index >= 15 is 0 Å². The second-order valence-electron chi connectivity index (χ2n) is 5.88. The van der Waals surface area contributed by atoms with E-state index in [0.717, 1.165) is 24.0 Å². The van der Waals surface area contributed by atoms with Crippen molar-refractivity contribution in [2.24, 2.45) is 11.1 Å². The quantitative estimate of drug-likeness (QED) is 0.787. The van der Waals surface area contributed by atoms with Gasteiger partial charge in [-0.25, -0.2) is 4.39 Å². The molecule has 0 aromatic heterocycles. The molecule has 0 saturated heterocycles. The lowest BCUT2D eigenvalue weighted by Crippen LogP contribution is -2.30. The van der Waals surface area contributed by atoms with Crippen LogP contribution in [0.2, 0.25) is 0 Å². The largest absolute Gasteiger partial charge is 0.324 e. The smallest absolute Gasteiger partial charge is 0.130 e. The first-order chi connectivity index (χ1) is 7.87. The third kappa shape index (κ3) is 2.75. The first-order valence-electron chi connectivity index (χ1n) is 6.10. The standard InChI is InChI=1S/C15H20FN/c1-10-4-5-14(16)13(6-10)11-7-12(17)9-15(2,3)8-11/h4-7,12H,8-9,17H2,1-3H3. The molecule has 0 amide bonds. The van der Waals surface area contributed by atoms with Crippen LogP contribution in [0.25, 0.3) is 5.57 Å². The van der Waals surface area contributed by atoms with Crippen molar-refractivity contribution < 1.29 is 4.39 Å². The Kier molecular flexibility index (Phi) is 3.09. The fourth-order valence-corrected chi connectivity index (χ4v) is 2.67. The van der Waals surface area contributed by atoms with E-state index in [0.29, 0.717) is 5.56 Å². The summed E-state index contributed by atoms with van der Waals surface area (Å²) in [6.07, 6.45) is 3.87. The molecule has 1 nitrogen and oxygen atoms in total. The summed E-state index contributed by atoms with van der Waals surface area (Å²) >= 11 is 0. The van der Waals surface area contributed by atoms with E-state index in [4.69, 9.17) is 5.73 Å². The summed E-state index contributed by atoms with van der Waals surface area (Å²) in [5.41, 5.74) is 9.03. The third-order valence-corrected chi connectivity index (χ3v) is 3.34. The van der Waals surface area contributed by atoms with E-state index in [-0.39, 0.29) is 17.3 Å². The van der Waals surface area contributed by atoms with Crippen LogP contribution in [0, 0.1) is 18.2 Å². The van der Waals surface area contributed by atoms with E-state index in [9.17, 15) is 4.39 Å². The number of halogens is 1. The number of hydrogen-bond acceptors (Lipinski definition) is 1. The Labute approximate surface area is 103 Å². The van der Waals surface area contributed by atoms with Crippen LogP contribution in [0.4, 0.5) is 4.39 Å². The molecule has 1 atom stereocenters. The Morgan fingerprint density at radius 2 is 2.06 bits per heavy atom. The van der Waals surface area contributed by atoms with Gasteiger partial charge < -0.3 is 5.73 Å². The second kappa shape index (κ2) is 4.26. The zero-order valence-electron chi connectivity index (χ0n) is 10.8. The van der Waals surface area contributed by atoms with Crippen LogP contribution in [0.3, 0.4) is 0 Å². The molecular formula is C15H20FN. The molecule has 17 heavy (non-hydrogen) atoms. The SMILES string of the molecule is Cc1ccc(F)c(C2=CC(N)CC(C)(C)C2)c1. The maximum atomic E-state index is 13.9. The van der Waals surface area contributed by atoms with Gasteiger partial charge in [0, 0.05) is 11.6 Å². The van der Waals surface area contributed by atoms with Crippen LogP contribution in [-0.2, 0) is 0 Å². The van der Waals surface area contributed by atoms with E-state index in [1.165, 1.54) is 0 Å². The van der Waals surface area contributed by atoms with Gasteiger partial charge in [-0.05, 0) is 42.9 Å². The Morgan fingerprint density at radius 1 is 1.35 bits per heavy atom. The number of aryl methyl sites for hydroxylation is 1. The predicted octanol–water partition coefficient (Wildman–Crippen LogP) is 3.66. The number of hydrogen-bond donors (Lipinski definition) is 1. The summed E-state index contributed by atoms with van der Waals surface area (Å²) in [7, 11) is 0. The summed E-state index contributed by atoms with van der Waals surface area (Å²) < 4.78 is 13.9. The average molecular weight is 233 g/mol. The van der Waals surface area contributed by atoms with Crippen molar-refractivity contribution >= 4 is 5.57 Å². The molecule has 0 spiro atoms. The lowest BCUT2D eigenvalue weighted by atomic mass is 9.74. The molecule has 2 rings (SSSR count). The summed E-state index contributed by atoms with van der Waals surface area (Å²) in [4.78, 5) is 0. The molecule has 0 saturated carbocycles. The van der Waals surface area contributed by atoms with Crippen molar-refractivity contribution in [3.8, 4) is 0 Å². The van der Waals surface area contributed by atoms with Crippen molar-refractivity contribution in [1.82, 2.24) is 0 Å². The number of allylic oxidation sites excluding steroid dienone is 1. The van der Waals surface area contributed by atoms with Crippen LogP contribution >= 0.6 is 0 Å². The first-order valence-corrected chi connectivity index (χ1v) is 6.10. The molecule has 92 valence electrons. The van der Waals surface area contributed by atoms with Crippen LogP contribution in [0.5, 0.6) is 0 Å².